The number of nitrogens with zero attached hydrogens (tertiary/aromatic N) is 2. The van der Waals surface area contributed by atoms with Gasteiger partial charge in [-0.1, -0.05) is 23.2 Å². The van der Waals surface area contributed by atoms with E-state index in [0.717, 1.165) is 25.9 Å². The zero-order valence-corrected chi connectivity index (χ0v) is 15.2. The van der Waals surface area contributed by atoms with Crippen molar-refractivity contribution in [2.24, 2.45) is 0 Å². The standard InChI is InChI=1S/C17H24Cl2N2O2/c1-20-9-7-14(8-10-20)21(2)17(22)4-3-11-23-16-6-5-13(18)12-15(16)19/h5-6,12,14H,3-4,7-11H2,1-2H3. The molecule has 1 aromatic rings. The van der Waals surface area contributed by atoms with Crippen molar-refractivity contribution in [2.75, 3.05) is 33.8 Å². The lowest BCUT2D eigenvalue weighted by Crippen LogP contribution is -2.44. The molecule has 0 bridgehead atoms. The third-order valence-corrected chi connectivity index (χ3v) is 4.85. The lowest BCUT2D eigenvalue weighted by atomic mass is 10.0. The molecule has 1 saturated heterocycles. The largest absolute Gasteiger partial charge is 0.492 e. The molecular weight excluding hydrogens is 335 g/mol. The minimum atomic E-state index is 0.186. The van der Waals surface area contributed by atoms with E-state index in [9.17, 15) is 4.79 Å². The van der Waals surface area contributed by atoms with Gasteiger partial charge in [-0.15, -0.1) is 0 Å². The molecule has 2 rings (SSSR count). The third kappa shape index (κ3) is 5.55. The lowest BCUT2D eigenvalue weighted by molar-refractivity contribution is -0.133. The molecule has 1 aromatic carbocycles. The van der Waals surface area contributed by atoms with Gasteiger partial charge >= 0.3 is 0 Å². The molecule has 0 spiro atoms. The van der Waals surface area contributed by atoms with Gasteiger partial charge in [0.25, 0.3) is 0 Å². The van der Waals surface area contributed by atoms with E-state index < -0.39 is 0 Å². The smallest absolute Gasteiger partial charge is 0.222 e. The Morgan fingerprint density at radius 1 is 1.35 bits per heavy atom. The van der Waals surface area contributed by atoms with Crippen molar-refractivity contribution in [1.82, 2.24) is 9.80 Å². The summed E-state index contributed by atoms with van der Waals surface area (Å²) in [5.74, 6) is 0.789. The normalized spacial score (nSPS) is 16.3. The number of amides is 1. The summed E-state index contributed by atoms with van der Waals surface area (Å²) in [4.78, 5) is 16.5. The summed E-state index contributed by atoms with van der Waals surface area (Å²) >= 11 is 11.9. The molecule has 0 N–H and O–H groups in total. The van der Waals surface area contributed by atoms with Gasteiger partial charge in [-0.25, -0.2) is 0 Å². The van der Waals surface area contributed by atoms with Crippen molar-refractivity contribution in [3.63, 3.8) is 0 Å². The number of piperidine rings is 1. The van der Waals surface area contributed by atoms with Crippen LogP contribution in [0.15, 0.2) is 18.2 Å². The van der Waals surface area contributed by atoms with Crippen LogP contribution in [0.4, 0.5) is 0 Å². The SMILES string of the molecule is CN1CCC(N(C)C(=O)CCCOc2ccc(Cl)cc2Cl)CC1. The van der Waals surface area contributed by atoms with Crippen molar-refractivity contribution >= 4 is 29.1 Å². The fourth-order valence-corrected chi connectivity index (χ4v) is 3.22. The summed E-state index contributed by atoms with van der Waals surface area (Å²) in [5, 5.41) is 1.07. The maximum atomic E-state index is 12.3. The number of carbonyl (C=O) groups is 1. The van der Waals surface area contributed by atoms with Gasteiger partial charge in [0.05, 0.1) is 11.6 Å². The average molecular weight is 359 g/mol. The van der Waals surface area contributed by atoms with E-state index >= 15 is 0 Å². The van der Waals surface area contributed by atoms with Gasteiger partial charge < -0.3 is 14.5 Å². The van der Waals surface area contributed by atoms with E-state index in [1.54, 1.807) is 18.2 Å². The Hall–Kier alpha value is -0.970. The number of hydrogen-bond acceptors (Lipinski definition) is 3. The van der Waals surface area contributed by atoms with Gasteiger partial charge in [0.15, 0.2) is 0 Å². The first kappa shape index (κ1) is 18.4. The van der Waals surface area contributed by atoms with E-state index in [1.165, 1.54) is 0 Å². The monoisotopic (exact) mass is 358 g/mol. The molecule has 6 heteroatoms. The topological polar surface area (TPSA) is 32.8 Å². The van der Waals surface area contributed by atoms with Crippen LogP contribution in [0.5, 0.6) is 5.75 Å². The molecule has 0 saturated carbocycles. The number of hydrogen-bond donors (Lipinski definition) is 0. The molecule has 1 aliphatic heterocycles. The van der Waals surface area contributed by atoms with E-state index in [1.807, 2.05) is 11.9 Å². The van der Waals surface area contributed by atoms with Crippen molar-refractivity contribution in [2.45, 2.75) is 31.7 Å². The summed E-state index contributed by atoms with van der Waals surface area (Å²) in [6, 6.07) is 5.50. The zero-order chi connectivity index (χ0) is 16.8. The highest BCUT2D eigenvalue weighted by atomic mass is 35.5. The lowest BCUT2D eigenvalue weighted by Gasteiger charge is -2.35. The predicted molar refractivity (Wildman–Crippen MR) is 94.5 cm³/mol. The quantitative estimate of drug-likeness (QED) is 0.726. The van der Waals surface area contributed by atoms with Crippen LogP contribution in [-0.2, 0) is 4.79 Å². The average Bonchev–Trinajstić information content (AvgIpc) is 2.53. The van der Waals surface area contributed by atoms with Crippen LogP contribution in [0.2, 0.25) is 10.0 Å². The van der Waals surface area contributed by atoms with Crippen molar-refractivity contribution in [3.05, 3.63) is 28.2 Å². The second kappa shape index (κ2) is 8.76. The fourth-order valence-electron chi connectivity index (χ4n) is 2.76. The fraction of sp³-hybridized carbons (Fsp3) is 0.588. The molecule has 0 aliphatic carbocycles. The van der Waals surface area contributed by atoms with Gasteiger partial charge in [-0.3, -0.25) is 4.79 Å². The molecule has 23 heavy (non-hydrogen) atoms. The summed E-state index contributed by atoms with van der Waals surface area (Å²) in [5.41, 5.74) is 0. The van der Waals surface area contributed by atoms with E-state index in [0.29, 0.717) is 41.3 Å². The molecular formula is C17H24Cl2N2O2. The minimum Gasteiger partial charge on any atom is -0.492 e. The Morgan fingerprint density at radius 3 is 2.70 bits per heavy atom. The number of halogens is 2. The molecule has 0 radical (unpaired) electrons. The number of ether oxygens (including phenoxy) is 1. The summed E-state index contributed by atoms with van der Waals surface area (Å²) in [7, 11) is 4.03. The van der Waals surface area contributed by atoms with E-state index in [-0.39, 0.29) is 5.91 Å². The van der Waals surface area contributed by atoms with Gasteiger partial charge in [0.2, 0.25) is 5.91 Å². The van der Waals surface area contributed by atoms with Crippen molar-refractivity contribution in [3.8, 4) is 5.75 Å². The zero-order valence-electron chi connectivity index (χ0n) is 13.7. The first-order chi connectivity index (χ1) is 11.0. The Balaban J connectivity index is 1.70. The Kier molecular flexibility index (Phi) is 7.00. The van der Waals surface area contributed by atoms with Crippen LogP contribution in [-0.4, -0.2) is 55.5 Å². The number of benzene rings is 1. The Bertz CT molecular complexity index is 531. The molecule has 128 valence electrons. The van der Waals surface area contributed by atoms with Crippen LogP contribution in [0, 0.1) is 0 Å². The maximum Gasteiger partial charge on any atom is 0.222 e. The molecule has 1 fully saturated rings. The molecule has 0 unspecified atom stereocenters. The molecule has 0 aromatic heterocycles. The molecule has 4 nitrogen and oxygen atoms in total. The minimum absolute atomic E-state index is 0.186. The predicted octanol–water partition coefficient (Wildman–Crippen LogP) is 3.71. The van der Waals surface area contributed by atoms with Gasteiger partial charge in [-0.05, 0) is 57.6 Å². The van der Waals surface area contributed by atoms with Crippen LogP contribution in [0.3, 0.4) is 0 Å². The molecule has 1 heterocycles. The molecule has 0 atom stereocenters. The highest BCUT2D eigenvalue weighted by molar-refractivity contribution is 6.35. The first-order valence-electron chi connectivity index (χ1n) is 7.99. The third-order valence-electron chi connectivity index (χ3n) is 4.32. The number of rotatable bonds is 6. The van der Waals surface area contributed by atoms with E-state index in [4.69, 9.17) is 27.9 Å². The molecule has 1 amide bonds. The summed E-state index contributed by atoms with van der Waals surface area (Å²) in [6.45, 7) is 2.58. The van der Waals surface area contributed by atoms with Gasteiger partial charge in [0.1, 0.15) is 5.75 Å². The Labute approximate surface area is 148 Å². The van der Waals surface area contributed by atoms with Crippen molar-refractivity contribution in [1.29, 1.82) is 0 Å². The van der Waals surface area contributed by atoms with Crippen LogP contribution in [0.25, 0.3) is 0 Å². The highest BCUT2D eigenvalue weighted by Gasteiger charge is 2.23. The van der Waals surface area contributed by atoms with Crippen LogP contribution in [0.1, 0.15) is 25.7 Å². The van der Waals surface area contributed by atoms with Crippen molar-refractivity contribution < 1.29 is 9.53 Å². The Morgan fingerprint density at radius 2 is 2.04 bits per heavy atom. The van der Waals surface area contributed by atoms with Gasteiger partial charge in [-0.2, -0.15) is 0 Å². The summed E-state index contributed by atoms with van der Waals surface area (Å²) < 4.78 is 5.61. The maximum absolute atomic E-state index is 12.3. The van der Waals surface area contributed by atoms with Crippen LogP contribution >= 0.6 is 23.2 Å². The van der Waals surface area contributed by atoms with Crippen LogP contribution < -0.4 is 4.74 Å². The van der Waals surface area contributed by atoms with E-state index in [2.05, 4.69) is 11.9 Å². The highest BCUT2D eigenvalue weighted by Crippen LogP contribution is 2.27. The van der Waals surface area contributed by atoms with Gasteiger partial charge in [0, 0.05) is 24.5 Å². The number of likely N-dealkylation sites (tertiary alicyclic amines) is 1. The molecule has 1 aliphatic rings. The second-order valence-electron chi connectivity index (χ2n) is 6.07. The first-order valence-corrected chi connectivity index (χ1v) is 8.75. The number of carbonyl (C=O) groups excluding carboxylic acids is 1. The second-order valence-corrected chi connectivity index (χ2v) is 6.91. The summed E-state index contributed by atoms with van der Waals surface area (Å²) in [6.07, 6.45) is 3.27.